The quantitative estimate of drug-likeness (QED) is 0.812. The summed E-state index contributed by atoms with van der Waals surface area (Å²) < 4.78 is 16.0. The molecule has 26 heavy (non-hydrogen) atoms. The molecule has 1 amide bonds. The van der Waals surface area contributed by atoms with E-state index < -0.39 is 5.54 Å². The van der Waals surface area contributed by atoms with Crippen molar-refractivity contribution in [2.45, 2.75) is 44.6 Å². The van der Waals surface area contributed by atoms with E-state index in [2.05, 4.69) is 12.2 Å². The number of hydrogen-bond acceptors (Lipinski definition) is 5. The van der Waals surface area contributed by atoms with Crippen molar-refractivity contribution in [1.82, 2.24) is 5.32 Å². The molecular weight excluding hydrogens is 358 g/mol. The molecule has 0 atom stereocenters. The molecule has 3 rings (SSSR count). The maximum atomic E-state index is 12.6. The number of esters is 1. The lowest BCUT2D eigenvalue weighted by Crippen LogP contribution is -2.57. The highest BCUT2D eigenvalue weighted by atomic mass is 35.5. The Labute approximate surface area is 158 Å². The summed E-state index contributed by atoms with van der Waals surface area (Å²) >= 11 is 6.23. The summed E-state index contributed by atoms with van der Waals surface area (Å²) in [6.07, 6.45) is 3.05. The van der Waals surface area contributed by atoms with Crippen LogP contribution in [0.25, 0.3) is 0 Å². The number of ether oxygens (including phenoxy) is 3. The Morgan fingerprint density at radius 2 is 1.96 bits per heavy atom. The fourth-order valence-electron chi connectivity index (χ4n) is 3.59. The molecule has 0 radical (unpaired) electrons. The van der Waals surface area contributed by atoms with Crippen LogP contribution in [0.15, 0.2) is 12.1 Å². The van der Waals surface area contributed by atoms with Gasteiger partial charge in [-0.05, 0) is 49.3 Å². The van der Waals surface area contributed by atoms with Crippen LogP contribution in [0.3, 0.4) is 0 Å². The molecule has 1 heterocycles. The Morgan fingerprint density at radius 3 is 2.65 bits per heavy atom. The van der Waals surface area contributed by atoms with Gasteiger partial charge in [-0.25, -0.2) is 4.79 Å². The van der Waals surface area contributed by atoms with Gasteiger partial charge in [0.15, 0.2) is 11.5 Å². The molecule has 2 aliphatic rings. The Hall–Kier alpha value is -1.95. The minimum absolute atomic E-state index is 0.102. The van der Waals surface area contributed by atoms with E-state index in [1.165, 1.54) is 7.11 Å². The van der Waals surface area contributed by atoms with E-state index in [9.17, 15) is 9.59 Å². The number of hydrogen-bond donors (Lipinski definition) is 1. The van der Waals surface area contributed by atoms with Crippen LogP contribution in [0.1, 0.15) is 38.2 Å². The molecule has 1 aliphatic carbocycles. The molecule has 1 saturated carbocycles. The third-order valence-electron chi connectivity index (χ3n) is 5.10. The zero-order valence-electron chi connectivity index (χ0n) is 15.1. The van der Waals surface area contributed by atoms with Crippen molar-refractivity contribution in [3.05, 3.63) is 22.7 Å². The number of fused-ring (bicyclic) bond motifs is 1. The molecule has 1 fully saturated rings. The van der Waals surface area contributed by atoms with Crippen LogP contribution in [-0.4, -0.2) is 37.7 Å². The number of halogens is 1. The van der Waals surface area contributed by atoms with Crippen LogP contribution in [0, 0.1) is 5.92 Å². The highest BCUT2D eigenvalue weighted by molar-refractivity contribution is 6.32. The summed E-state index contributed by atoms with van der Waals surface area (Å²) in [5, 5.41) is 3.34. The second-order valence-corrected chi connectivity index (χ2v) is 7.49. The molecule has 1 aromatic carbocycles. The average Bonchev–Trinajstić information content (AvgIpc) is 2.63. The summed E-state index contributed by atoms with van der Waals surface area (Å²) in [5.74, 6) is 0.979. The van der Waals surface area contributed by atoms with Gasteiger partial charge in [-0.2, -0.15) is 0 Å². The predicted molar refractivity (Wildman–Crippen MR) is 96.7 cm³/mol. The van der Waals surface area contributed by atoms with Crippen molar-refractivity contribution in [2.24, 2.45) is 5.92 Å². The number of nitrogens with one attached hydrogen (secondary N) is 1. The first-order valence-corrected chi connectivity index (χ1v) is 9.29. The third-order valence-corrected chi connectivity index (χ3v) is 5.38. The second-order valence-electron chi connectivity index (χ2n) is 7.08. The van der Waals surface area contributed by atoms with Crippen molar-refractivity contribution in [3.8, 4) is 11.5 Å². The molecule has 0 bridgehead atoms. The topological polar surface area (TPSA) is 73.9 Å². The van der Waals surface area contributed by atoms with E-state index >= 15 is 0 Å². The molecular formula is C19H24ClNO5. The Morgan fingerprint density at radius 1 is 1.27 bits per heavy atom. The molecule has 7 heteroatoms. The van der Waals surface area contributed by atoms with Gasteiger partial charge in [-0.3, -0.25) is 4.79 Å². The van der Waals surface area contributed by atoms with Crippen molar-refractivity contribution in [1.29, 1.82) is 0 Å². The van der Waals surface area contributed by atoms with E-state index in [1.807, 2.05) is 0 Å². The Balaban J connectivity index is 1.73. The van der Waals surface area contributed by atoms with Crippen LogP contribution >= 0.6 is 11.6 Å². The molecule has 0 aromatic heterocycles. The van der Waals surface area contributed by atoms with Crippen molar-refractivity contribution < 1.29 is 23.8 Å². The Bertz CT molecular complexity index is 697. The van der Waals surface area contributed by atoms with Gasteiger partial charge in [0.25, 0.3) is 0 Å². The lowest BCUT2D eigenvalue weighted by atomic mass is 9.77. The summed E-state index contributed by atoms with van der Waals surface area (Å²) in [7, 11) is 1.36. The number of carbonyl (C=O) groups is 2. The van der Waals surface area contributed by atoms with Gasteiger partial charge < -0.3 is 19.5 Å². The number of carbonyl (C=O) groups excluding carboxylic acids is 2. The number of amides is 1. The van der Waals surface area contributed by atoms with E-state index in [4.69, 9.17) is 25.8 Å². The molecule has 1 aliphatic heterocycles. The first-order valence-electron chi connectivity index (χ1n) is 8.91. The first-order chi connectivity index (χ1) is 12.4. The zero-order valence-corrected chi connectivity index (χ0v) is 15.9. The highest BCUT2D eigenvalue weighted by Gasteiger charge is 2.43. The minimum atomic E-state index is -0.935. The summed E-state index contributed by atoms with van der Waals surface area (Å²) in [6.45, 7) is 3.05. The van der Waals surface area contributed by atoms with Crippen molar-refractivity contribution in [2.75, 3.05) is 20.3 Å². The number of benzene rings is 1. The van der Waals surface area contributed by atoms with Crippen molar-refractivity contribution in [3.63, 3.8) is 0 Å². The fraction of sp³-hybridized carbons (Fsp3) is 0.579. The van der Waals surface area contributed by atoms with Gasteiger partial charge >= 0.3 is 5.97 Å². The maximum absolute atomic E-state index is 12.6. The average molecular weight is 382 g/mol. The van der Waals surface area contributed by atoms with Crippen molar-refractivity contribution >= 4 is 23.5 Å². The van der Waals surface area contributed by atoms with Crippen LogP contribution < -0.4 is 14.8 Å². The Kier molecular flexibility index (Phi) is 5.61. The van der Waals surface area contributed by atoms with Gasteiger partial charge in [0.1, 0.15) is 18.8 Å². The molecule has 0 spiro atoms. The molecule has 0 saturated heterocycles. The van der Waals surface area contributed by atoms with Crippen LogP contribution in [0.2, 0.25) is 5.02 Å². The third kappa shape index (κ3) is 3.90. The predicted octanol–water partition coefficient (Wildman–Crippen LogP) is 2.89. The van der Waals surface area contributed by atoms with Crippen LogP contribution in [-0.2, 0) is 20.7 Å². The van der Waals surface area contributed by atoms with E-state index in [0.29, 0.717) is 54.1 Å². The standard InChI is InChI=1S/C19H24ClNO5/c1-12-3-5-19(6-4-12,18(23)24-2)21-16(22)11-13-9-14(20)17-15(10-13)25-7-8-26-17/h9-10,12H,3-8,11H2,1-2H3,(H,21,22). The highest BCUT2D eigenvalue weighted by Crippen LogP contribution is 2.38. The van der Waals surface area contributed by atoms with Gasteiger partial charge in [-0.1, -0.05) is 18.5 Å². The lowest BCUT2D eigenvalue weighted by Gasteiger charge is -2.37. The van der Waals surface area contributed by atoms with Gasteiger partial charge in [0, 0.05) is 0 Å². The maximum Gasteiger partial charge on any atom is 0.331 e. The molecule has 1 aromatic rings. The minimum Gasteiger partial charge on any atom is -0.486 e. The molecule has 1 N–H and O–H groups in total. The second kappa shape index (κ2) is 7.74. The monoisotopic (exact) mass is 381 g/mol. The molecule has 0 unspecified atom stereocenters. The zero-order chi connectivity index (χ0) is 18.7. The van der Waals surface area contributed by atoms with E-state index in [-0.39, 0.29) is 18.3 Å². The van der Waals surface area contributed by atoms with Crippen LogP contribution in [0.4, 0.5) is 0 Å². The fourth-order valence-corrected chi connectivity index (χ4v) is 3.88. The number of methoxy groups -OCH3 is 1. The summed E-state index contributed by atoms with van der Waals surface area (Å²) in [5.41, 5.74) is -0.225. The smallest absolute Gasteiger partial charge is 0.331 e. The summed E-state index contributed by atoms with van der Waals surface area (Å²) in [4.78, 5) is 25.0. The van der Waals surface area contributed by atoms with Crippen LogP contribution in [0.5, 0.6) is 11.5 Å². The first kappa shape index (κ1) is 18.8. The summed E-state index contributed by atoms with van der Waals surface area (Å²) in [6, 6.07) is 3.45. The SMILES string of the molecule is COC(=O)C1(NC(=O)Cc2cc(Cl)c3c(c2)OCCO3)CCC(C)CC1. The largest absolute Gasteiger partial charge is 0.486 e. The van der Waals surface area contributed by atoms with Gasteiger partial charge in [-0.15, -0.1) is 0 Å². The molecule has 142 valence electrons. The normalized spacial score (nSPS) is 24.7. The molecule has 6 nitrogen and oxygen atoms in total. The lowest BCUT2D eigenvalue weighted by molar-refractivity contribution is -0.153. The van der Waals surface area contributed by atoms with Gasteiger partial charge in [0.05, 0.1) is 18.6 Å². The van der Waals surface area contributed by atoms with E-state index in [0.717, 1.165) is 12.8 Å². The van der Waals surface area contributed by atoms with E-state index in [1.54, 1.807) is 12.1 Å². The van der Waals surface area contributed by atoms with Gasteiger partial charge in [0.2, 0.25) is 5.91 Å². The number of rotatable bonds is 4.